The number of rotatable bonds is 9. The predicted molar refractivity (Wildman–Crippen MR) is 127 cm³/mol. The molecule has 0 spiro atoms. The molecule has 0 aliphatic heterocycles. The lowest BCUT2D eigenvalue weighted by Gasteiger charge is -2.23. The standard InChI is InChI=1S/C27H26O5/c1-4-23(28)22-15-19-10-6-8-12-21(19)26(27(22)32-17-30-3)25-20-11-7-5-9-18(20)13-14-24(25)31-16-29-2/h4-15,23,28H,1,16-17H2,2-3H3. The third-order valence-corrected chi connectivity index (χ3v) is 5.37. The average Bonchev–Trinajstić information content (AvgIpc) is 2.84. The summed E-state index contributed by atoms with van der Waals surface area (Å²) in [5.41, 5.74) is 2.29. The highest BCUT2D eigenvalue weighted by Gasteiger charge is 2.24. The number of hydrogen-bond donors (Lipinski definition) is 1. The maximum Gasteiger partial charge on any atom is 0.188 e. The van der Waals surface area contributed by atoms with Crippen LogP contribution >= 0.6 is 0 Å². The number of benzene rings is 4. The first-order valence-corrected chi connectivity index (χ1v) is 10.3. The van der Waals surface area contributed by atoms with Crippen molar-refractivity contribution in [2.75, 3.05) is 27.8 Å². The van der Waals surface area contributed by atoms with E-state index in [1.807, 2.05) is 54.6 Å². The number of fused-ring (bicyclic) bond motifs is 2. The van der Waals surface area contributed by atoms with E-state index >= 15 is 0 Å². The fraction of sp³-hybridized carbons (Fsp3) is 0.185. The van der Waals surface area contributed by atoms with Crippen molar-refractivity contribution in [1.29, 1.82) is 0 Å². The second-order valence-corrected chi connectivity index (χ2v) is 7.33. The molecule has 5 nitrogen and oxygen atoms in total. The van der Waals surface area contributed by atoms with Crippen molar-refractivity contribution in [3.05, 3.63) is 84.9 Å². The van der Waals surface area contributed by atoms with Crippen LogP contribution in [0.2, 0.25) is 0 Å². The zero-order valence-electron chi connectivity index (χ0n) is 18.2. The summed E-state index contributed by atoms with van der Waals surface area (Å²) in [6, 6.07) is 22.0. The van der Waals surface area contributed by atoms with Crippen LogP contribution in [0.3, 0.4) is 0 Å². The van der Waals surface area contributed by atoms with Gasteiger partial charge in [0.1, 0.15) is 17.6 Å². The molecule has 0 saturated carbocycles. The van der Waals surface area contributed by atoms with Crippen LogP contribution < -0.4 is 9.47 Å². The van der Waals surface area contributed by atoms with Gasteiger partial charge in [-0.25, -0.2) is 0 Å². The predicted octanol–water partition coefficient (Wildman–Crippen LogP) is 5.84. The zero-order valence-corrected chi connectivity index (χ0v) is 18.2. The maximum atomic E-state index is 10.8. The Morgan fingerprint density at radius 1 is 0.812 bits per heavy atom. The van der Waals surface area contributed by atoms with Gasteiger partial charge in [-0.3, -0.25) is 0 Å². The van der Waals surface area contributed by atoms with Crippen LogP contribution in [0.4, 0.5) is 0 Å². The molecule has 164 valence electrons. The lowest BCUT2D eigenvalue weighted by atomic mass is 9.89. The van der Waals surface area contributed by atoms with Gasteiger partial charge >= 0.3 is 0 Å². The molecule has 0 fully saturated rings. The molecular formula is C27H26O5. The Hall–Kier alpha value is -3.38. The number of methoxy groups -OCH3 is 2. The Bertz CT molecular complexity index is 1250. The molecule has 0 aromatic heterocycles. The highest BCUT2D eigenvalue weighted by atomic mass is 16.7. The number of aliphatic hydroxyl groups excluding tert-OH is 1. The van der Waals surface area contributed by atoms with E-state index in [4.69, 9.17) is 18.9 Å². The third kappa shape index (κ3) is 4.06. The van der Waals surface area contributed by atoms with Crippen molar-refractivity contribution < 1.29 is 24.1 Å². The van der Waals surface area contributed by atoms with Crippen molar-refractivity contribution in [2.24, 2.45) is 0 Å². The van der Waals surface area contributed by atoms with Gasteiger partial charge < -0.3 is 24.1 Å². The van der Waals surface area contributed by atoms with Crippen LogP contribution in [0, 0.1) is 0 Å². The van der Waals surface area contributed by atoms with Gasteiger partial charge in [-0.2, -0.15) is 0 Å². The minimum absolute atomic E-state index is 0.0290. The SMILES string of the molecule is C=CC(O)c1cc2ccccc2c(-c2c(OCOC)ccc3ccccc23)c1OCOC. The summed E-state index contributed by atoms with van der Waals surface area (Å²) < 4.78 is 22.5. The fourth-order valence-corrected chi connectivity index (χ4v) is 3.97. The molecule has 5 heteroatoms. The molecule has 1 atom stereocenters. The van der Waals surface area contributed by atoms with Gasteiger partial charge in [0, 0.05) is 30.9 Å². The summed E-state index contributed by atoms with van der Waals surface area (Å²) in [6.07, 6.45) is 0.572. The second-order valence-electron chi connectivity index (χ2n) is 7.33. The van der Waals surface area contributed by atoms with E-state index in [9.17, 15) is 5.11 Å². The minimum Gasteiger partial charge on any atom is -0.467 e. The summed E-state index contributed by atoms with van der Waals surface area (Å²) in [4.78, 5) is 0. The average molecular weight is 431 g/mol. The van der Waals surface area contributed by atoms with Gasteiger partial charge in [0.15, 0.2) is 13.6 Å². The molecule has 0 saturated heterocycles. The van der Waals surface area contributed by atoms with Crippen molar-refractivity contribution in [3.8, 4) is 22.6 Å². The summed E-state index contributed by atoms with van der Waals surface area (Å²) >= 11 is 0. The summed E-state index contributed by atoms with van der Waals surface area (Å²) in [5, 5.41) is 14.8. The molecular weight excluding hydrogens is 404 g/mol. The van der Waals surface area contributed by atoms with Gasteiger partial charge in [0.2, 0.25) is 0 Å². The lowest BCUT2D eigenvalue weighted by Crippen LogP contribution is -2.07. The van der Waals surface area contributed by atoms with Crippen LogP contribution in [-0.4, -0.2) is 32.9 Å². The molecule has 0 radical (unpaired) electrons. The smallest absolute Gasteiger partial charge is 0.188 e. The van der Waals surface area contributed by atoms with Crippen LogP contribution in [0.5, 0.6) is 11.5 Å². The van der Waals surface area contributed by atoms with E-state index in [0.717, 1.165) is 32.7 Å². The zero-order chi connectivity index (χ0) is 22.5. The van der Waals surface area contributed by atoms with Gasteiger partial charge in [-0.15, -0.1) is 6.58 Å². The van der Waals surface area contributed by atoms with E-state index in [2.05, 4.69) is 18.7 Å². The van der Waals surface area contributed by atoms with E-state index in [-0.39, 0.29) is 13.6 Å². The Kier molecular flexibility index (Phi) is 6.71. The molecule has 0 aliphatic rings. The molecule has 4 aromatic carbocycles. The van der Waals surface area contributed by atoms with Gasteiger partial charge in [0.05, 0.1) is 0 Å². The van der Waals surface area contributed by atoms with Crippen LogP contribution in [0.1, 0.15) is 11.7 Å². The highest BCUT2D eigenvalue weighted by Crippen LogP contribution is 2.48. The fourth-order valence-electron chi connectivity index (χ4n) is 3.97. The number of hydrogen-bond acceptors (Lipinski definition) is 5. The van der Waals surface area contributed by atoms with Gasteiger partial charge in [0.25, 0.3) is 0 Å². The third-order valence-electron chi connectivity index (χ3n) is 5.37. The largest absolute Gasteiger partial charge is 0.467 e. The monoisotopic (exact) mass is 430 g/mol. The van der Waals surface area contributed by atoms with E-state index in [1.165, 1.54) is 6.08 Å². The molecule has 0 amide bonds. The molecule has 0 bridgehead atoms. The van der Waals surface area contributed by atoms with Crippen molar-refractivity contribution in [1.82, 2.24) is 0 Å². The Morgan fingerprint density at radius 3 is 2.12 bits per heavy atom. The topological polar surface area (TPSA) is 57.2 Å². The van der Waals surface area contributed by atoms with Crippen molar-refractivity contribution >= 4 is 21.5 Å². The summed E-state index contributed by atoms with van der Waals surface area (Å²) in [5.74, 6) is 1.18. The van der Waals surface area contributed by atoms with E-state index in [0.29, 0.717) is 17.1 Å². The van der Waals surface area contributed by atoms with E-state index in [1.54, 1.807) is 14.2 Å². The maximum absolute atomic E-state index is 10.8. The molecule has 4 rings (SSSR count). The minimum atomic E-state index is -0.913. The van der Waals surface area contributed by atoms with Gasteiger partial charge in [-0.05, 0) is 33.7 Å². The molecule has 1 unspecified atom stereocenters. The molecule has 32 heavy (non-hydrogen) atoms. The van der Waals surface area contributed by atoms with Gasteiger partial charge in [-0.1, -0.05) is 60.7 Å². The van der Waals surface area contributed by atoms with E-state index < -0.39 is 6.10 Å². The molecule has 1 N–H and O–H groups in total. The summed E-state index contributed by atoms with van der Waals surface area (Å²) in [6.45, 7) is 3.90. The number of ether oxygens (including phenoxy) is 4. The van der Waals surface area contributed by atoms with Crippen molar-refractivity contribution in [3.63, 3.8) is 0 Å². The van der Waals surface area contributed by atoms with Crippen LogP contribution in [-0.2, 0) is 9.47 Å². The first kappa shape index (κ1) is 21.8. The molecule has 0 heterocycles. The molecule has 4 aromatic rings. The first-order valence-electron chi connectivity index (χ1n) is 10.3. The molecule has 0 aliphatic carbocycles. The first-order chi connectivity index (χ1) is 15.7. The van der Waals surface area contributed by atoms with Crippen molar-refractivity contribution in [2.45, 2.75) is 6.10 Å². The lowest BCUT2D eigenvalue weighted by molar-refractivity contribution is 0.0487. The Labute approximate surface area is 187 Å². The Morgan fingerprint density at radius 2 is 1.44 bits per heavy atom. The summed E-state index contributed by atoms with van der Waals surface area (Å²) in [7, 11) is 3.15. The Balaban J connectivity index is 2.16. The second kappa shape index (κ2) is 9.83. The van der Waals surface area contributed by atoms with Crippen LogP contribution in [0.25, 0.3) is 32.7 Å². The quantitative estimate of drug-likeness (QED) is 0.267. The number of aliphatic hydroxyl groups is 1. The highest BCUT2D eigenvalue weighted by molar-refractivity contribution is 6.10. The van der Waals surface area contributed by atoms with Crippen LogP contribution in [0.15, 0.2) is 79.4 Å². The normalized spacial score (nSPS) is 12.1.